The summed E-state index contributed by atoms with van der Waals surface area (Å²) in [6.45, 7) is 4.53. The summed E-state index contributed by atoms with van der Waals surface area (Å²) in [4.78, 5) is 10.7. The van der Waals surface area contributed by atoms with Crippen molar-refractivity contribution in [1.29, 1.82) is 0 Å². The third kappa shape index (κ3) is 2.22. The van der Waals surface area contributed by atoms with E-state index in [9.17, 15) is 0 Å². The van der Waals surface area contributed by atoms with E-state index in [0.717, 1.165) is 30.2 Å². The molecule has 1 saturated heterocycles. The van der Waals surface area contributed by atoms with Gasteiger partial charge in [-0.25, -0.2) is 9.97 Å². The van der Waals surface area contributed by atoms with E-state index in [-0.39, 0.29) is 6.10 Å². The number of hydrogen-bond acceptors (Lipinski definition) is 4. The molecule has 0 aromatic carbocycles. The molecule has 0 spiro atoms. The van der Waals surface area contributed by atoms with Crippen LogP contribution in [0.3, 0.4) is 0 Å². The predicted molar refractivity (Wildman–Crippen MR) is 57.4 cm³/mol. The van der Waals surface area contributed by atoms with E-state index >= 15 is 0 Å². The van der Waals surface area contributed by atoms with Crippen LogP contribution in [0, 0.1) is 0 Å². The van der Waals surface area contributed by atoms with Gasteiger partial charge in [0, 0.05) is 19.3 Å². The number of halogens is 1. The quantitative estimate of drug-likeness (QED) is 0.715. The minimum Gasteiger partial charge on any atom is -0.375 e. The van der Waals surface area contributed by atoms with Crippen molar-refractivity contribution in [2.45, 2.75) is 13.0 Å². The molecule has 0 radical (unpaired) electrons. The summed E-state index contributed by atoms with van der Waals surface area (Å²) in [7, 11) is 0. The monoisotopic (exact) mass is 257 g/mol. The van der Waals surface area contributed by atoms with Gasteiger partial charge in [0.1, 0.15) is 4.60 Å². The van der Waals surface area contributed by atoms with Crippen molar-refractivity contribution in [2.75, 3.05) is 24.6 Å². The van der Waals surface area contributed by atoms with E-state index in [4.69, 9.17) is 4.74 Å². The van der Waals surface area contributed by atoms with Gasteiger partial charge in [-0.3, -0.25) is 0 Å². The molecule has 4 nitrogen and oxygen atoms in total. The Bertz CT molecular complexity index is 321. The molecule has 0 saturated carbocycles. The van der Waals surface area contributed by atoms with Gasteiger partial charge in [-0.05, 0) is 28.9 Å². The molecule has 0 aliphatic carbocycles. The molecular formula is C9H12BrN3O. The highest BCUT2D eigenvalue weighted by Crippen LogP contribution is 2.14. The van der Waals surface area contributed by atoms with E-state index < -0.39 is 0 Å². The Kier molecular flexibility index (Phi) is 2.98. The van der Waals surface area contributed by atoms with Crippen molar-refractivity contribution in [3.05, 3.63) is 16.9 Å². The number of morpholine rings is 1. The summed E-state index contributed by atoms with van der Waals surface area (Å²) in [5, 5.41) is 0. The molecule has 1 fully saturated rings. The van der Waals surface area contributed by atoms with Crippen LogP contribution in [0.15, 0.2) is 16.9 Å². The first-order valence-corrected chi connectivity index (χ1v) is 5.40. The first-order chi connectivity index (χ1) is 6.75. The maximum atomic E-state index is 5.45. The van der Waals surface area contributed by atoms with Crippen LogP contribution < -0.4 is 4.90 Å². The molecule has 0 N–H and O–H groups in total. The van der Waals surface area contributed by atoms with Gasteiger partial charge in [-0.15, -0.1) is 0 Å². The van der Waals surface area contributed by atoms with Gasteiger partial charge in [-0.2, -0.15) is 0 Å². The number of ether oxygens (including phenoxy) is 1. The highest BCUT2D eigenvalue weighted by Gasteiger charge is 2.18. The smallest absolute Gasteiger partial charge is 0.226 e. The first kappa shape index (κ1) is 9.86. The fraction of sp³-hybridized carbons (Fsp3) is 0.556. The van der Waals surface area contributed by atoms with Crippen molar-refractivity contribution >= 4 is 21.9 Å². The lowest BCUT2D eigenvalue weighted by Gasteiger charge is -2.30. The minimum absolute atomic E-state index is 0.256. The zero-order chi connectivity index (χ0) is 9.97. The standard InChI is InChI=1S/C9H12BrN3O/c1-7-6-13(4-5-14-7)9-11-3-2-8(10)12-9/h2-3,7H,4-6H2,1H3/t7-/m0/s1. The topological polar surface area (TPSA) is 38.2 Å². The number of aromatic nitrogens is 2. The maximum absolute atomic E-state index is 5.45. The molecule has 1 aromatic rings. The minimum atomic E-state index is 0.256. The van der Waals surface area contributed by atoms with Gasteiger partial charge >= 0.3 is 0 Å². The summed E-state index contributed by atoms with van der Waals surface area (Å²) >= 11 is 3.33. The lowest BCUT2D eigenvalue weighted by molar-refractivity contribution is 0.0526. The summed E-state index contributed by atoms with van der Waals surface area (Å²) in [5.41, 5.74) is 0. The Balaban J connectivity index is 2.14. The van der Waals surface area contributed by atoms with Gasteiger partial charge in [0.15, 0.2) is 0 Å². The third-order valence-corrected chi connectivity index (χ3v) is 2.57. The van der Waals surface area contributed by atoms with Crippen LogP contribution in [-0.4, -0.2) is 35.8 Å². The zero-order valence-electron chi connectivity index (χ0n) is 7.98. The second-order valence-corrected chi connectivity index (χ2v) is 4.12. The van der Waals surface area contributed by atoms with Crippen LogP contribution in [0.2, 0.25) is 0 Å². The number of nitrogens with zero attached hydrogens (tertiary/aromatic N) is 3. The lowest BCUT2D eigenvalue weighted by Crippen LogP contribution is -2.41. The van der Waals surface area contributed by atoms with Crippen molar-refractivity contribution in [3.8, 4) is 0 Å². The van der Waals surface area contributed by atoms with E-state index in [1.54, 1.807) is 6.20 Å². The van der Waals surface area contributed by atoms with Crippen molar-refractivity contribution in [1.82, 2.24) is 9.97 Å². The van der Waals surface area contributed by atoms with Crippen LogP contribution in [0.25, 0.3) is 0 Å². The van der Waals surface area contributed by atoms with Gasteiger partial charge in [0.05, 0.1) is 12.7 Å². The molecule has 0 amide bonds. The number of anilines is 1. The van der Waals surface area contributed by atoms with Gasteiger partial charge in [-0.1, -0.05) is 0 Å². The second kappa shape index (κ2) is 4.23. The molecular weight excluding hydrogens is 246 g/mol. The molecule has 1 aliphatic rings. The zero-order valence-corrected chi connectivity index (χ0v) is 9.57. The molecule has 76 valence electrons. The molecule has 1 aromatic heterocycles. The number of hydrogen-bond donors (Lipinski definition) is 0. The average molecular weight is 258 g/mol. The van der Waals surface area contributed by atoms with Crippen molar-refractivity contribution in [2.24, 2.45) is 0 Å². The van der Waals surface area contributed by atoms with Crippen LogP contribution in [-0.2, 0) is 4.74 Å². The molecule has 14 heavy (non-hydrogen) atoms. The fourth-order valence-electron chi connectivity index (χ4n) is 1.48. The molecule has 5 heteroatoms. The largest absolute Gasteiger partial charge is 0.375 e. The summed E-state index contributed by atoms with van der Waals surface area (Å²) in [6, 6.07) is 1.83. The molecule has 0 unspecified atom stereocenters. The fourth-order valence-corrected chi connectivity index (χ4v) is 1.76. The van der Waals surface area contributed by atoms with Crippen molar-refractivity contribution in [3.63, 3.8) is 0 Å². The van der Waals surface area contributed by atoms with Crippen LogP contribution in [0.4, 0.5) is 5.95 Å². The Morgan fingerprint density at radius 3 is 3.21 bits per heavy atom. The van der Waals surface area contributed by atoms with Gasteiger partial charge < -0.3 is 9.64 Å². The molecule has 1 aliphatic heterocycles. The van der Waals surface area contributed by atoms with Crippen LogP contribution >= 0.6 is 15.9 Å². The Labute approximate surface area is 91.4 Å². The predicted octanol–water partition coefficient (Wildman–Crippen LogP) is 1.46. The van der Waals surface area contributed by atoms with Crippen LogP contribution in [0.5, 0.6) is 0 Å². The molecule has 2 rings (SSSR count). The maximum Gasteiger partial charge on any atom is 0.226 e. The second-order valence-electron chi connectivity index (χ2n) is 3.31. The third-order valence-electron chi connectivity index (χ3n) is 2.13. The van der Waals surface area contributed by atoms with E-state index in [1.165, 1.54) is 0 Å². The SMILES string of the molecule is C[C@H]1CN(c2nccc(Br)n2)CCO1. The van der Waals surface area contributed by atoms with Gasteiger partial charge in [0.25, 0.3) is 0 Å². The van der Waals surface area contributed by atoms with Gasteiger partial charge in [0.2, 0.25) is 5.95 Å². The highest BCUT2D eigenvalue weighted by molar-refractivity contribution is 9.10. The Morgan fingerprint density at radius 1 is 1.64 bits per heavy atom. The summed E-state index contributed by atoms with van der Waals surface area (Å²) in [5.74, 6) is 0.773. The molecule has 2 heterocycles. The van der Waals surface area contributed by atoms with E-state index in [1.807, 2.05) is 6.07 Å². The summed E-state index contributed by atoms with van der Waals surface area (Å²) in [6.07, 6.45) is 2.01. The summed E-state index contributed by atoms with van der Waals surface area (Å²) < 4.78 is 6.27. The first-order valence-electron chi connectivity index (χ1n) is 4.61. The highest BCUT2D eigenvalue weighted by atomic mass is 79.9. The van der Waals surface area contributed by atoms with E-state index in [0.29, 0.717) is 0 Å². The Hall–Kier alpha value is -0.680. The van der Waals surface area contributed by atoms with E-state index in [2.05, 4.69) is 37.7 Å². The Morgan fingerprint density at radius 2 is 2.50 bits per heavy atom. The van der Waals surface area contributed by atoms with Crippen LogP contribution in [0.1, 0.15) is 6.92 Å². The average Bonchev–Trinajstić information content (AvgIpc) is 2.18. The normalized spacial score (nSPS) is 22.4. The number of rotatable bonds is 1. The van der Waals surface area contributed by atoms with Crippen molar-refractivity contribution < 1.29 is 4.74 Å². The lowest BCUT2D eigenvalue weighted by atomic mass is 10.3. The molecule has 1 atom stereocenters. The molecule has 0 bridgehead atoms.